The zero-order valence-corrected chi connectivity index (χ0v) is 14.1. The summed E-state index contributed by atoms with van der Waals surface area (Å²) in [5.41, 5.74) is -2.25. The van der Waals surface area contributed by atoms with E-state index >= 15 is 0 Å². The number of carbonyl (C=O) groups is 2. The zero-order valence-electron chi connectivity index (χ0n) is 14.1. The third kappa shape index (κ3) is 4.50. The van der Waals surface area contributed by atoms with Crippen molar-refractivity contribution in [1.29, 1.82) is 5.26 Å². The normalized spacial score (nSPS) is 18.9. The standard InChI is InChI=1S/C16H15F5N4O2/c1-2-11-13(16(19,20)21)10(3-4-23-11)14(27)24-7-12(26)25-8-15(17,18)5-9(25)6-22/h3-4,9H,2,5,7-8H2,1H3,(H,24,27)/t9-/m0/s1. The van der Waals surface area contributed by atoms with Crippen LogP contribution in [0, 0.1) is 11.3 Å². The molecule has 0 saturated carbocycles. The zero-order chi connectivity index (χ0) is 20.4. The number of rotatable bonds is 4. The Morgan fingerprint density at radius 2 is 2.11 bits per heavy atom. The molecular weight excluding hydrogens is 375 g/mol. The molecule has 0 bridgehead atoms. The summed E-state index contributed by atoms with van der Waals surface area (Å²) >= 11 is 0. The van der Waals surface area contributed by atoms with Gasteiger partial charge in [-0.25, -0.2) is 8.78 Å². The van der Waals surface area contributed by atoms with E-state index in [1.807, 2.05) is 5.32 Å². The van der Waals surface area contributed by atoms with Gasteiger partial charge in [0.1, 0.15) is 6.04 Å². The van der Waals surface area contributed by atoms with Crippen LogP contribution in [-0.4, -0.2) is 46.8 Å². The Morgan fingerprint density at radius 3 is 2.67 bits per heavy atom. The molecule has 27 heavy (non-hydrogen) atoms. The highest BCUT2D eigenvalue weighted by molar-refractivity contribution is 5.98. The van der Waals surface area contributed by atoms with Crippen molar-refractivity contribution >= 4 is 11.8 Å². The lowest BCUT2D eigenvalue weighted by Gasteiger charge is -2.20. The van der Waals surface area contributed by atoms with Crippen LogP contribution in [0.3, 0.4) is 0 Å². The molecule has 0 unspecified atom stereocenters. The van der Waals surface area contributed by atoms with E-state index in [2.05, 4.69) is 4.98 Å². The van der Waals surface area contributed by atoms with Crippen molar-refractivity contribution in [2.45, 2.75) is 37.9 Å². The molecule has 0 aliphatic carbocycles. The van der Waals surface area contributed by atoms with Crippen molar-refractivity contribution in [3.05, 3.63) is 29.1 Å². The van der Waals surface area contributed by atoms with E-state index in [1.165, 1.54) is 6.92 Å². The van der Waals surface area contributed by atoms with Crippen LogP contribution in [0.2, 0.25) is 0 Å². The van der Waals surface area contributed by atoms with Gasteiger partial charge < -0.3 is 10.2 Å². The van der Waals surface area contributed by atoms with Crippen LogP contribution in [0.1, 0.15) is 35.0 Å². The van der Waals surface area contributed by atoms with Gasteiger partial charge in [0.15, 0.2) is 0 Å². The van der Waals surface area contributed by atoms with E-state index in [1.54, 1.807) is 6.07 Å². The maximum atomic E-state index is 13.4. The van der Waals surface area contributed by atoms with Crippen LogP contribution in [0.25, 0.3) is 0 Å². The molecule has 1 saturated heterocycles. The number of amides is 2. The number of aryl methyl sites for hydroxylation is 1. The van der Waals surface area contributed by atoms with Gasteiger partial charge in [0.25, 0.3) is 11.8 Å². The summed E-state index contributed by atoms with van der Waals surface area (Å²) in [6, 6.07) is 1.08. The number of nitrogens with zero attached hydrogens (tertiary/aromatic N) is 3. The fraction of sp³-hybridized carbons (Fsp3) is 0.500. The molecule has 2 rings (SSSR count). The summed E-state index contributed by atoms with van der Waals surface area (Å²) in [4.78, 5) is 28.4. The van der Waals surface area contributed by atoms with Crippen LogP contribution in [0.4, 0.5) is 22.0 Å². The Bertz CT molecular complexity index is 788. The number of aromatic nitrogens is 1. The highest BCUT2D eigenvalue weighted by Crippen LogP contribution is 2.34. The average Bonchev–Trinajstić information content (AvgIpc) is 2.92. The molecule has 146 valence electrons. The molecule has 1 aromatic rings. The average molecular weight is 390 g/mol. The molecule has 0 spiro atoms. The summed E-state index contributed by atoms with van der Waals surface area (Å²) in [7, 11) is 0. The molecule has 6 nitrogen and oxygen atoms in total. The molecule has 0 aromatic carbocycles. The number of carbonyl (C=O) groups excluding carboxylic acids is 2. The Labute approximate surface area is 151 Å². The molecule has 1 atom stereocenters. The van der Waals surface area contributed by atoms with Crippen LogP contribution < -0.4 is 5.32 Å². The molecule has 1 aliphatic heterocycles. The van der Waals surface area contributed by atoms with E-state index in [9.17, 15) is 31.5 Å². The first kappa shape index (κ1) is 20.5. The Kier molecular flexibility index (Phi) is 5.67. The van der Waals surface area contributed by atoms with E-state index in [-0.39, 0.29) is 12.1 Å². The fourth-order valence-electron chi connectivity index (χ4n) is 2.83. The number of nitriles is 1. The van der Waals surface area contributed by atoms with Crippen molar-refractivity contribution in [2.24, 2.45) is 0 Å². The third-order valence-electron chi connectivity index (χ3n) is 4.03. The smallest absolute Gasteiger partial charge is 0.343 e. The molecule has 1 aliphatic rings. The van der Waals surface area contributed by atoms with Gasteiger partial charge in [-0.15, -0.1) is 0 Å². The number of halogens is 5. The molecule has 11 heteroatoms. The van der Waals surface area contributed by atoms with Crippen molar-refractivity contribution in [3.63, 3.8) is 0 Å². The molecule has 1 N–H and O–H groups in total. The number of pyridine rings is 1. The van der Waals surface area contributed by atoms with Crippen molar-refractivity contribution in [3.8, 4) is 6.07 Å². The quantitative estimate of drug-likeness (QED) is 0.799. The minimum Gasteiger partial charge on any atom is -0.343 e. The monoisotopic (exact) mass is 390 g/mol. The molecule has 2 heterocycles. The Morgan fingerprint density at radius 1 is 1.44 bits per heavy atom. The maximum absolute atomic E-state index is 13.4. The second-order valence-electron chi connectivity index (χ2n) is 5.94. The number of alkyl halides is 5. The summed E-state index contributed by atoms with van der Waals surface area (Å²) in [5, 5.41) is 10.9. The van der Waals surface area contributed by atoms with Gasteiger partial charge in [0, 0.05) is 12.6 Å². The van der Waals surface area contributed by atoms with Gasteiger partial charge >= 0.3 is 6.18 Å². The Balaban J connectivity index is 2.15. The van der Waals surface area contributed by atoms with E-state index in [0.29, 0.717) is 4.90 Å². The first-order valence-electron chi connectivity index (χ1n) is 7.90. The van der Waals surface area contributed by atoms with Crippen molar-refractivity contribution in [1.82, 2.24) is 15.2 Å². The van der Waals surface area contributed by atoms with Gasteiger partial charge in [0.2, 0.25) is 5.91 Å². The maximum Gasteiger partial charge on any atom is 0.418 e. The lowest BCUT2D eigenvalue weighted by Crippen LogP contribution is -2.43. The van der Waals surface area contributed by atoms with E-state index < -0.39 is 60.6 Å². The Hall–Kier alpha value is -2.77. The predicted octanol–water partition coefficient (Wildman–Crippen LogP) is 2.15. The van der Waals surface area contributed by atoms with Crippen LogP contribution in [0.15, 0.2) is 12.3 Å². The molecule has 1 fully saturated rings. The number of hydrogen-bond acceptors (Lipinski definition) is 4. The summed E-state index contributed by atoms with van der Waals surface area (Å²) < 4.78 is 66.5. The number of hydrogen-bond donors (Lipinski definition) is 1. The number of likely N-dealkylation sites (tertiary alicyclic amines) is 1. The third-order valence-corrected chi connectivity index (χ3v) is 4.03. The van der Waals surface area contributed by atoms with Gasteiger partial charge in [-0.3, -0.25) is 14.6 Å². The SMILES string of the molecule is CCc1nccc(C(=O)NCC(=O)N2CC(F)(F)C[C@H]2C#N)c1C(F)(F)F. The first-order chi connectivity index (χ1) is 12.5. The minimum atomic E-state index is -4.83. The topological polar surface area (TPSA) is 86.1 Å². The van der Waals surface area contributed by atoms with Gasteiger partial charge in [-0.2, -0.15) is 18.4 Å². The van der Waals surface area contributed by atoms with Crippen LogP contribution in [0.5, 0.6) is 0 Å². The van der Waals surface area contributed by atoms with Crippen molar-refractivity contribution < 1.29 is 31.5 Å². The fourth-order valence-corrected chi connectivity index (χ4v) is 2.83. The molecular formula is C16H15F5N4O2. The predicted molar refractivity (Wildman–Crippen MR) is 81.6 cm³/mol. The second-order valence-corrected chi connectivity index (χ2v) is 5.94. The van der Waals surface area contributed by atoms with Crippen LogP contribution in [-0.2, 0) is 17.4 Å². The molecule has 2 amide bonds. The van der Waals surface area contributed by atoms with Crippen molar-refractivity contribution in [2.75, 3.05) is 13.1 Å². The van der Waals surface area contributed by atoms with Crippen LogP contribution >= 0.6 is 0 Å². The van der Waals surface area contributed by atoms with Gasteiger partial charge in [-0.1, -0.05) is 6.92 Å². The number of nitrogens with one attached hydrogen (secondary N) is 1. The van der Waals surface area contributed by atoms with E-state index in [4.69, 9.17) is 5.26 Å². The summed E-state index contributed by atoms with van der Waals surface area (Å²) in [5.74, 6) is -5.40. The van der Waals surface area contributed by atoms with Gasteiger partial charge in [-0.05, 0) is 12.5 Å². The lowest BCUT2D eigenvalue weighted by molar-refractivity contribution is -0.138. The highest BCUT2D eigenvalue weighted by Gasteiger charge is 2.47. The summed E-state index contributed by atoms with van der Waals surface area (Å²) in [6.45, 7) is -0.352. The highest BCUT2D eigenvalue weighted by atomic mass is 19.4. The molecule has 1 aromatic heterocycles. The first-order valence-corrected chi connectivity index (χ1v) is 7.90. The summed E-state index contributed by atoms with van der Waals surface area (Å²) in [6.07, 6.45) is -4.69. The van der Waals surface area contributed by atoms with Gasteiger partial charge in [0.05, 0.1) is 36.0 Å². The minimum absolute atomic E-state index is 0.0679. The molecule has 0 radical (unpaired) electrons. The second kappa shape index (κ2) is 7.46. The largest absolute Gasteiger partial charge is 0.418 e. The lowest BCUT2D eigenvalue weighted by atomic mass is 10.0. The van der Waals surface area contributed by atoms with E-state index in [0.717, 1.165) is 12.3 Å².